The van der Waals surface area contributed by atoms with Crippen LogP contribution in [0.15, 0.2) is 48.9 Å². The van der Waals surface area contributed by atoms with Crippen molar-refractivity contribution in [2.24, 2.45) is 5.92 Å². The third kappa shape index (κ3) is 3.47. The molecule has 0 spiro atoms. The molecule has 0 bridgehead atoms. The van der Waals surface area contributed by atoms with Crippen molar-refractivity contribution in [1.82, 2.24) is 15.0 Å². The highest BCUT2D eigenvalue weighted by atomic mass is 16.5. The Bertz CT molecular complexity index is 856. The maximum Gasteiger partial charge on any atom is 0.232 e. The van der Waals surface area contributed by atoms with Crippen LogP contribution in [0.4, 0.5) is 5.82 Å². The van der Waals surface area contributed by atoms with Gasteiger partial charge in [0.15, 0.2) is 0 Å². The summed E-state index contributed by atoms with van der Waals surface area (Å²) in [6.07, 6.45) is 6.02. The molecule has 4 rings (SSSR count). The quantitative estimate of drug-likeness (QED) is 0.714. The predicted molar refractivity (Wildman–Crippen MR) is 96.1 cm³/mol. The van der Waals surface area contributed by atoms with E-state index in [9.17, 15) is 0 Å². The van der Waals surface area contributed by atoms with Crippen molar-refractivity contribution < 1.29 is 9.47 Å². The highest BCUT2D eigenvalue weighted by molar-refractivity contribution is 5.81. The summed E-state index contributed by atoms with van der Waals surface area (Å²) in [6, 6.07) is 10.1. The van der Waals surface area contributed by atoms with Crippen molar-refractivity contribution in [3.8, 4) is 11.6 Å². The summed E-state index contributed by atoms with van der Waals surface area (Å²) in [6.45, 7) is 2.58. The SMILES string of the molecule is COc1ccc2nc(N3CCC(COc4cnccn4)C3)ccc2c1. The average Bonchev–Trinajstić information content (AvgIpc) is 3.15. The van der Waals surface area contributed by atoms with E-state index < -0.39 is 0 Å². The van der Waals surface area contributed by atoms with Gasteiger partial charge in [-0.15, -0.1) is 0 Å². The van der Waals surface area contributed by atoms with E-state index in [0.29, 0.717) is 18.4 Å². The number of pyridine rings is 1. The summed E-state index contributed by atoms with van der Waals surface area (Å²) < 4.78 is 11.0. The van der Waals surface area contributed by atoms with Crippen LogP contribution in [0.5, 0.6) is 11.6 Å². The van der Waals surface area contributed by atoms with Gasteiger partial charge in [0.1, 0.15) is 11.6 Å². The molecule has 0 saturated carbocycles. The molecule has 0 aliphatic carbocycles. The molecule has 6 nitrogen and oxygen atoms in total. The first-order valence-electron chi connectivity index (χ1n) is 8.40. The molecular formula is C19H20N4O2. The van der Waals surface area contributed by atoms with Crippen LogP contribution in [0.25, 0.3) is 10.9 Å². The summed E-state index contributed by atoms with van der Waals surface area (Å²) in [4.78, 5) is 15.3. The molecule has 3 aromatic rings. The zero-order valence-electron chi connectivity index (χ0n) is 14.1. The highest BCUT2D eigenvalue weighted by Crippen LogP contribution is 2.26. The standard InChI is InChI=1S/C19H20N4O2/c1-24-16-3-4-17-15(10-16)2-5-18(22-17)23-9-6-14(12-23)13-25-19-11-20-7-8-21-19/h2-5,7-8,10-11,14H,6,9,12-13H2,1H3. The second kappa shape index (κ2) is 6.93. The third-order valence-corrected chi connectivity index (χ3v) is 4.50. The summed E-state index contributed by atoms with van der Waals surface area (Å²) in [5, 5.41) is 1.09. The second-order valence-electron chi connectivity index (χ2n) is 6.18. The maximum absolute atomic E-state index is 5.74. The van der Waals surface area contributed by atoms with Crippen molar-refractivity contribution in [3.63, 3.8) is 0 Å². The third-order valence-electron chi connectivity index (χ3n) is 4.50. The van der Waals surface area contributed by atoms with Gasteiger partial charge in [-0.25, -0.2) is 9.97 Å². The molecular weight excluding hydrogens is 316 g/mol. The Morgan fingerprint density at radius 1 is 1.20 bits per heavy atom. The number of rotatable bonds is 5. The largest absolute Gasteiger partial charge is 0.497 e. The summed E-state index contributed by atoms with van der Waals surface area (Å²) in [5.41, 5.74) is 0.984. The number of ether oxygens (including phenoxy) is 2. The Balaban J connectivity index is 1.41. The van der Waals surface area contributed by atoms with Gasteiger partial charge < -0.3 is 14.4 Å². The topological polar surface area (TPSA) is 60.4 Å². The lowest BCUT2D eigenvalue weighted by Crippen LogP contribution is -2.22. The van der Waals surface area contributed by atoms with Crippen LogP contribution in [-0.2, 0) is 0 Å². The lowest BCUT2D eigenvalue weighted by atomic mass is 10.1. The Morgan fingerprint density at radius 3 is 3.00 bits per heavy atom. The number of hydrogen-bond acceptors (Lipinski definition) is 6. The van der Waals surface area contributed by atoms with Gasteiger partial charge in [0, 0.05) is 36.8 Å². The van der Waals surface area contributed by atoms with E-state index in [2.05, 4.69) is 27.0 Å². The highest BCUT2D eigenvalue weighted by Gasteiger charge is 2.24. The number of nitrogens with zero attached hydrogens (tertiary/aromatic N) is 4. The van der Waals surface area contributed by atoms with Crippen LogP contribution < -0.4 is 14.4 Å². The van der Waals surface area contributed by atoms with Gasteiger partial charge in [0.2, 0.25) is 5.88 Å². The Hall–Kier alpha value is -2.89. The molecule has 1 atom stereocenters. The Labute approximate surface area is 146 Å². The number of anilines is 1. The molecule has 6 heteroatoms. The average molecular weight is 336 g/mol. The van der Waals surface area contributed by atoms with Gasteiger partial charge in [-0.2, -0.15) is 0 Å². The first-order valence-corrected chi connectivity index (χ1v) is 8.40. The molecule has 1 unspecified atom stereocenters. The molecule has 3 heterocycles. The molecule has 1 aliphatic heterocycles. The minimum absolute atomic E-state index is 0.468. The van der Waals surface area contributed by atoms with Gasteiger partial charge in [-0.05, 0) is 36.8 Å². The van der Waals surface area contributed by atoms with E-state index in [1.54, 1.807) is 25.7 Å². The van der Waals surface area contributed by atoms with Crippen LogP contribution in [0.3, 0.4) is 0 Å². The van der Waals surface area contributed by atoms with Crippen molar-refractivity contribution in [2.75, 3.05) is 31.7 Å². The fraction of sp³-hybridized carbons (Fsp3) is 0.316. The lowest BCUT2D eigenvalue weighted by Gasteiger charge is -2.18. The molecule has 1 aromatic carbocycles. The summed E-state index contributed by atoms with van der Waals surface area (Å²) in [5.74, 6) is 2.92. The number of methoxy groups -OCH3 is 1. The second-order valence-corrected chi connectivity index (χ2v) is 6.18. The zero-order chi connectivity index (χ0) is 17.1. The normalized spacial score (nSPS) is 17.0. The summed E-state index contributed by atoms with van der Waals surface area (Å²) in [7, 11) is 1.68. The summed E-state index contributed by atoms with van der Waals surface area (Å²) >= 11 is 0. The van der Waals surface area contributed by atoms with Gasteiger partial charge >= 0.3 is 0 Å². The lowest BCUT2D eigenvalue weighted by molar-refractivity contribution is 0.251. The van der Waals surface area contributed by atoms with Crippen molar-refractivity contribution in [1.29, 1.82) is 0 Å². The number of hydrogen-bond donors (Lipinski definition) is 0. The fourth-order valence-corrected chi connectivity index (χ4v) is 3.14. The predicted octanol–water partition coefficient (Wildman–Crippen LogP) is 2.94. The Morgan fingerprint density at radius 2 is 2.16 bits per heavy atom. The van der Waals surface area contributed by atoms with Crippen LogP contribution in [0, 0.1) is 5.92 Å². The number of aromatic nitrogens is 3. The van der Waals surface area contributed by atoms with E-state index >= 15 is 0 Å². The van der Waals surface area contributed by atoms with Crippen LogP contribution in [-0.4, -0.2) is 41.8 Å². The first-order chi connectivity index (χ1) is 12.3. The van der Waals surface area contributed by atoms with E-state index in [4.69, 9.17) is 14.5 Å². The number of fused-ring (bicyclic) bond motifs is 1. The van der Waals surface area contributed by atoms with E-state index in [1.165, 1.54) is 0 Å². The van der Waals surface area contributed by atoms with Crippen molar-refractivity contribution >= 4 is 16.7 Å². The molecule has 1 aliphatic rings. The van der Waals surface area contributed by atoms with Crippen LogP contribution in [0.1, 0.15) is 6.42 Å². The van der Waals surface area contributed by atoms with E-state index in [0.717, 1.165) is 42.0 Å². The van der Waals surface area contributed by atoms with Gasteiger partial charge in [0.05, 0.1) is 25.4 Å². The maximum atomic E-state index is 5.74. The van der Waals surface area contributed by atoms with E-state index in [-0.39, 0.29) is 0 Å². The fourth-order valence-electron chi connectivity index (χ4n) is 3.14. The van der Waals surface area contributed by atoms with Gasteiger partial charge in [-0.1, -0.05) is 0 Å². The molecule has 0 amide bonds. The van der Waals surface area contributed by atoms with Gasteiger partial charge in [0.25, 0.3) is 0 Å². The molecule has 128 valence electrons. The molecule has 1 fully saturated rings. The van der Waals surface area contributed by atoms with Crippen LogP contribution in [0.2, 0.25) is 0 Å². The molecule has 2 aromatic heterocycles. The first kappa shape index (κ1) is 15.6. The minimum Gasteiger partial charge on any atom is -0.497 e. The van der Waals surface area contributed by atoms with Crippen molar-refractivity contribution in [2.45, 2.75) is 6.42 Å². The molecule has 0 N–H and O–H groups in total. The molecule has 25 heavy (non-hydrogen) atoms. The Kier molecular flexibility index (Phi) is 4.33. The smallest absolute Gasteiger partial charge is 0.232 e. The van der Waals surface area contributed by atoms with E-state index in [1.807, 2.05) is 18.2 Å². The zero-order valence-corrected chi connectivity index (χ0v) is 14.1. The molecule has 0 radical (unpaired) electrons. The van der Waals surface area contributed by atoms with Gasteiger partial charge in [-0.3, -0.25) is 4.98 Å². The minimum atomic E-state index is 0.468. The van der Waals surface area contributed by atoms with Crippen molar-refractivity contribution in [3.05, 3.63) is 48.9 Å². The monoisotopic (exact) mass is 336 g/mol. The number of benzene rings is 1. The van der Waals surface area contributed by atoms with Crippen LogP contribution >= 0.6 is 0 Å². The molecule has 1 saturated heterocycles.